The van der Waals surface area contributed by atoms with Crippen LogP contribution in [0.5, 0.6) is 0 Å². The number of benzene rings is 1. The predicted molar refractivity (Wildman–Crippen MR) is 63.4 cm³/mol. The zero-order valence-electron chi connectivity index (χ0n) is 9.78. The molecule has 0 unspecified atom stereocenters. The molecule has 16 heavy (non-hydrogen) atoms. The number of fused-ring (bicyclic) bond motifs is 1. The fraction of sp³-hybridized carbons (Fsp3) is 0.308. The summed E-state index contributed by atoms with van der Waals surface area (Å²) in [5.74, 6) is 0. The van der Waals surface area contributed by atoms with E-state index in [0.717, 1.165) is 16.7 Å². The molecule has 0 aliphatic heterocycles. The van der Waals surface area contributed by atoms with Gasteiger partial charge in [0.05, 0.1) is 0 Å². The second kappa shape index (κ2) is 4.55. The van der Waals surface area contributed by atoms with Gasteiger partial charge in [-0.2, -0.15) is 0 Å². The average molecular weight is 253 g/mol. The molecular weight excluding hydrogens is 238 g/mol. The van der Waals surface area contributed by atoms with E-state index >= 15 is 0 Å². The zero-order chi connectivity index (χ0) is 11.7. The SMILES string of the molecule is CCc1c([C](=[Cr])OC)n(C)c2ccccc12. The van der Waals surface area contributed by atoms with E-state index in [4.69, 9.17) is 4.74 Å². The first-order chi connectivity index (χ1) is 7.70. The van der Waals surface area contributed by atoms with Crippen LogP contribution in [0.1, 0.15) is 18.2 Å². The van der Waals surface area contributed by atoms with Crippen molar-refractivity contribution in [2.45, 2.75) is 13.3 Å². The monoisotopic (exact) mass is 253 g/mol. The third-order valence-corrected chi connectivity index (χ3v) is 3.51. The van der Waals surface area contributed by atoms with E-state index in [9.17, 15) is 0 Å². The average Bonchev–Trinajstić information content (AvgIpc) is 2.62. The summed E-state index contributed by atoms with van der Waals surface area (Å²) >= 11 is 2.99. The van der Waals surface area contributed by atoms with Crippen molar-refractivity contribution < 1.29 is 20.6 Å². The third kappa shape index (κ3) is 1.66. The van der Waals surface area contributed by atoms with E-state index in [0.29, 0.717) is 0 Å². The second-order valence-corrected chi connectivity index (χ2v) is 4.33. The van der Waals surface area contributed by atoms with E-state index in [1.54, 1.807) is 7.11 Å². The first-order valence-corrected chi connectivity index (χ1v) is 5.99. The van der Waals surface area contributed by atoms with Crippen molar-refractivity contribution in [2.75, 3.05) is 7.11 Å². The van der Waals surface area contributed by atoms with Gasteiger partial charge in [0.15, 0.2) is 0 Å². The van der Waals surface area contributed by atoms with E-state index in [2.05, 4.69) is 58.7 Å². The zero-order valence-corrected chi connectivity index (χ0v) is 11.1. The Morgan fingerprint density at radius 3 is 2.69 bits per heavy atom. The molecule has 0 saturated heterocycles. The number of methoxy groups -OCH3 is 1. The van der Waals surface area contributed by atoms with Crippen molar-refractivity contribution in [3.05, 3.63) is 35.5 Å². The van der Waals surface area contributed by atoms with Gasteiger partial charge in [0, 0.05) is 0 Å². The number of aromatic nitrogens is 1. The number of aryl methyl sites for hydroxylation is 2. The van der Waals surface area contributed by atoms with Gasteiger partial charge in [-0.05, 0) is 0 Å². The summed E-state index contributed by atoms with van der Waals surface area (Å²) in [6.07, 6.45) is 1.01. The number of hydrogen-bond donors (Lipinski definition) is 0. The van der Waals surface area contributed by atoms with Crippen LogP contribution in [-0.4, -0.2) is 16.2 Å². The van der Waals surface area contributed by atoms with Crippen LogP contribution >= 0.6 is 0 Å². The minimum atomic E-state index is 0.857. The van der Waals surface area contributed by atoms with E-state index in [1.807, 2.05) is 0 Å². The number of hydrogen-bond acceptors (Lipinski definition) is 1. The second-order valence-electron chi connectivity index (χ2n) is 3.75. The van der Waals surface area contributed by atoms with Crippen LogP contribution in [0.25, 0.3) is 10.9 Å². The summed E-state index contributed by atoms with van der Waals surface area (Å²) in [4.78, 5) is 0. The van der Waals surface area contributed by atoms with Crippen LogP contribution in [0.3, 0.4) is 0 Å². The summed E-state index contributed by atoms with van der Waals surface area (Å²) in [7, 11) is 3.77. The van der Waals surface area contributed by atoms with E-state index in [-0.39, 0.29) is 0 Å². The fourth-order valence-electron chi connectivity index (χ4n) is 2.19. The Labute approximate surface area is 104 Å². The van der Waals surface area contributed by atoms with Gasteiger partial charge < -0.3 is 0 Å². The van der Waals surface area contributed by atoms with Crippen LogP contribution in [0, 0.1) is 0 Å². The number of para-hydroxylation sites is 1. The fourth-order valence-corrected chi connectivity index (χ4v) is 2.59. The maximum absolute atomic E-state index is 5.33. The van der Waals surface area contributed by atoms with E-state index < -0.39 is 0 Å². The van der Waals surface area contributed by atoms with Gasteiger partial charge in [0.25, 0.3) is 0 Å². The van der Waals surface area contributed by atoms with Gasteiger partial charge in [0.1, 0.15) is 0 Å². The molecule has 0 spiro atoms. The van der Waals surface area contributed by atoms with Gasteiger partial charge in [-0.3, -0.25) is 0 Å². The number of rotatable bonds is 3. The molecule has 0 atom stereocenters. The summed E-state index contributed by atoms with van der Waals surface area (Å²) in [6, 6.07) is 8.45. The number of ether oxygens (including phenoxy) is 1. The Hall–Kier alpha value is -0.878. The van der Waals surface area contributed by atoms with Crippen molar-refractivity contribution in [3.8, 4) is 0 Å². The first kappa shape index (κ1) is 11.6. The van der Waals surface area contributed by atoms with Crippen molar-refractivity contribution >= 4 is 15.5 Å². The van der Waals surface area contributed by atoms with Crippen molar-refractivity contribution in [2.24, 2.45) is 7.05 Å². The molecular formula is C13H15CrNO. The normalized spacial score (nSPS) is 10.9. The van der Waals surface area contributed by atoms with Gasteiger partial charge >= 0.3 is 104 Å². The molecule has 0 amide bonds. The molecule has 2 rings (SSSR count). The topological polar surface area (TPSA) is 14.2 Å². The molecule has 1 heterocycles. The number of nitrogens with zero attached hydrogens (tertiary/aromatic N) is 1. The van der Waals surface area contributed by atoms with Crippen LogP contribution < -0.4 is 0 Å². The Balaban J connectivity index is 2.81. The molecule has 84 valence electrons. The first-order valence-electron chi connectivity index (χ1n) is 5.35. The van der Waals surface area contributed by atoms with E-state index in [1.165, 1.54) is 16.5 Å². The van der Waals surface area contributed by atoms with Gasteiger partial charge in [-0.1, -0.05) is 0 Å². The summed E-state index contributed by atoms with van der Waals surface area (Å²) in [5, 5.41) is 1.31. The molecule has 0 N–H and O–H groups in total. The molecule has 0 bridgehead atoms. The summed E-state index contributed by atoms with van der Waals surface area (Å²) in [6.45, 7) is 2.17. The quantitative estimate of drug-likeness (QED) is 0.819. The Morgan fingerprint density at radius 1 is 1.38 bits per heavy atom. The van der Waals surface area contributed by atoms with Crippen LogP contribution in [0.15, 0.2) is 24.3 Å². The minimum absolute atomic E-state index is 0.857. The molecule has 0 radical (unpaired) electrons. The molecule has 0 aliphatic rings. The maximum atomic E-state index is 5.33. The Kier molecular flexibility index (Phi) is 3.30. The van der Waals surface area contributed by atoms with Crippen molar-refractivity contribution in [1.82, 2.24) is 4.57 Å². The van der Waals surface area contributed by atoms with Gasteiger partial charge in [0.2, 0.25) is 0 Å². The van der Waals surface area contributed by atoms with Crippen molar-refractivity contribution in [1.29, 1.82) is 0 Å². The third-order valence-electron chi connectivity index (χ3n) is 2.94. The van der Waals surface area contributed by atoms with Gasteiger partial charge in [-0.15, -0.1) is 0 Å². The molecule has 0 saturated carbocycles. The van der Waals surface area contributed by atoms with Gasteiger partial charge in [-0.25, -0.2) is 0 Å². The predicted octanol–water partition coefficient (Wildman–Crippen LogP) is 2.41. The Bertz CT molecular complexity index is 542. The van der Waals surface area contributed by atoms with Crippen LogP contribution in [-0.2, 0) is 34.1 Å². The molecule has 0 fully saturated rings. The molecule has 2 aromatic rings. The van der Waals surface area contributed by atoms with Crippen molar-refractivity contribution in [3.63, 3.8) is 0 Å². The molecule has 3 heteroatoms. The summed E-state index contributed by atoms with van der Waals surface area (Å²) in [5.41, 5.74) is 3.75. The molecule has 2 nitrogen and oxygen atoms in total. The molecule has 1 aromatic heterocycles. The standard InChI is InChI=1S/C13H15NO.Cr/c1-4-10-11-7-5-6-8-12(11)14(2)13(10)9-15-3;/h5-8H,4H2,1-3H3;. The van der Waals surface area contributed by atoms with Crippen LogP contribution in [0.2, 0.25) is 0 Å². The summed E-state index contributed by atoms with van der Waals surface area (Å²) < 4.78 is 8.37. The Morgan fingerprint density at radius 2 is 2.06 bits per heavy atom. The van der Waals surface area contributed by atoms with Crippen LogP contribution in [0.4, 0.5) is 0 Å². The molecule has 0 aliphatic carbocycles. The molecule has 1 aromatic carbocycles.